The molecule has 0 radical (unpaired) electrons. The van der Waals surface area contributed by atoms with E-state index in [0.717, 1.165) is 0 Å². The summed E-state index contributed by atoms with van der Waals surface area (Å²) in [4.78, 5) is 3.47. The predicted octanol–water partition coefficient (Wildman–Crippen LogP) is 5.44. The molecule has 1 heteroatoms. The molecule has 0 aliphatic heterocycles. The molecule has 0 fully saturated rings. The lowest BCUT2D eigenvalue weighted by Crippen LogP contribution is -2.10. The van der Waals surface area contributed by atoms with E-state index in [4.69, 9.17) is 0 Å². The summed E-state index contributed by atoms with van der Waals surface area (Å²) in [5.74, 6) is 0. The van der Waals surface area contributed by atoms with Gasteiger partial charge in [0, 0.05) is 22.2 Å². The first kappa shape index (κ1) is 13.0. The minimum absolute atomic E-state index is 0.202. The fourth-order valence-corrected chi connectivity index (χ4v) is 2.79. The molecule has 102 valence electrons. The predicted molar refractivity (Wildman–Crippen MR) is 87.2 cm³/mol. The normalized spacial score (nSPS) is 12.0. The third-order valence-electron chi connectivity index (χ3n) is 3.93. The SMILES string of the molecule is Cc1[nH]c2ccccc2c1-c1ccc(C(C)(C)C)cc1. The van der Waals surface area contributed by atoms with Gasteiger partial charge in [0.15, 0.2) is 0 Å². The number of para-hydroxylation sites is 1. The summed E-state index contributed by atoms with van der Waals surface area (Å²) in [6, 6.07) is 17.5. The average molecular weight is 263 g/mol. The molecule has 0 amide bonds. The van der Waals surface area contributed by atoms with Gasteiger partial charge in [-0.05, 0) is 29.5 Å². The maximum atomic E-state index is 3.47. The van der Waals surface area contributed by atoms with Crippen LogP contribution in [-0.4, -0.2) is 4.98 Å². The van der Waals surface area contributed by atoms with Crippen LogP contribution in [0.2, 0.25) is 0 Å². The van der Waals surface area contributed by atoms with Crippen LogP contribution in [0.5, 0.6) is 0 Å². The van der Waals surface area contributed by atoms with E-state index in [2.05, 4.69) is 81.2 Å². The van der Waals surface area contributed by atoms with Gasteiger partial charge in [-0.15, -0.1) is 0 Å². The van der Waals surface area contributed by atoms with E-state index < -0.39 is 0 Å². The van der Waals surface area contributed by atoms with Gasteiger partial charge >= 0.3 is 0 Å². The van der Waals surface area contributed by atoms with Crippen molar-refractivity contribution in [3.8, 4) is 11.1 Å². The molecule has 3 aromatic rings. The Morgan fingerprint density at radius 1 is 0.850 bits per heavy atom. The zero-order chi connectivity index (χ0) is 14.3. The van der Waals surface area contributed by atoms with Crippen LogP contribution in [-0.2, 0) is 5.41 Å². The lowest BCUT2D eigenvalue weighted by Gasteiger charge is -2.19. The van der Waals surface area contributed by atoms with Gasteiger partial charge in [-0.1, -0.05) is 63.2 Å². The molecule has 0 saturated carbocycles. The number of hydrogen-bond donors (Lipinski definition) is 1. The number of aryl methyl sites for hydroxylation is 1. The fraction of sp³-hybridized carbons (Fsp3) is 0.263. The number of H-pyrrole nitrogens is 1. The minimum atomic E-state index is 0.202. The van der Waals surface area contributed by atoms with Gasteiger partial charge in [0.1, 0.15) is 0 Å². The summed E-state index contributed by atoms with van der Waals surface area (Å²) < 4.78 is 0. The average Bonchev–Trinajstić information content (AvgIpc) is 2.73. The fourth-order valence-electron chi connectivity index (χ4n) is 2.79. The molecule has 20 heavy (non-hydrogen) atoms. The van der Waals surface area contributed by atoms with Gasteiger partial charge in [-0.2, -0.15) is 0 Å². The van der Waals surface area contributed by atoms with Crippen LogP contribution in [0.25, 0.3) is 22.0 Å². The Hall–Kier alpha value is -2.02. The molecule has 1 heterocycles. The maximum Gasteiger partial charge on any atom is 0.0462 e. The second kappa shape index (κ2) is 4.52. The van der Waals surface area contributed by atoms with Gasteiger partial charge in [0.05, 0.1) is 0 Å². The molecule has 0 atom stereocenters. The zero-order valence-corrected chi connectivity index (χ0v) is 12.6. The smallest absolute Gasteiger partial charge is 0.0462 e. The van der Waals surface area contributed by atoms with Crippen LogP contribution in [0.3, 0.4) is 0 Å². The second-order valence-corrected chi connectivity index (χ2v) is 6.50. The molecule has 0 bridgehead atoms. The first-order chi connectivity index (χ1) is 9.47. The van der Waals surface area contributed by atoms with Crippen LogP contribution in [0.1, 0.15) is 32.0 Å². The van der Waals surface area contributed by atoms with Crippen LogP contribution in [0, 0.1) is 6.92 Å². The van der Waals surface area contributed by atoms with Crippen LogP contribution >= 0.6 is 0 Å². The topological polar surface area (TPSA) is 15.8 Å². The van der Waals surface area contributed by atoms with Crippen molar-refractivity contribution in [3.05, 3.63) is 59.8 Å². The molecule has 0 unspecified atom stereocenters. The van der Waals surface area contributed by atoms with Gasteiger partial charge in [0.2, 0.25) is 0 Å². The summed E-state index contributed by atoms with van der Waals surface area (Å²) in [6.07, 6.45) is 0. The molecular formula is C19H21N. The third-order valence-corrected chi connectivity index (χ3v) is 3.93. The zero-order valence-electron chi connectivity index (χ0n) is 12.6. The summed E-state index contributed by atoms with van der Waals surface area (Å²) in [5.41, 5.74) is 6.62. The van der Waals surface area contributed by atoms with Gasteiger partial charge in [-0.25, -0.2) is 0 Å². The Morgan fingerprint density at radius 2 is 1.50 bits per heavy atom. The number of aromatic nitrogens is 1. The van der Waals surface area contributed by atoms with Crippen molar-refractivity contribution in [3.63, 3.8) is 0 Å². The molecule has 1 aromatic heterocycles. The maximum absolute atomic E-state index is 3.47. The molecule has 0 spiro atoms. The largest absolute Gasteiger partial charge is 0.358 e. The Labute approximate surface area is 120 Å². The van der Waals surface area contributed by atoms with E-state index in [1.54, 1.807) is 0 Å². The van der Waals surface area contributed by atoms with Gasteiger partial charge in [-0.3, -0.25) is 0 Å². The van der Waals surface area contributed by atoms with Crippen LogP contribution < -0.4 is 0 Å². The first-order valence-corrected chi connectivity index (χ1v) is 7.15. The van der Waals surface area contributed by atoms with Gasteiger partial charge < -0.3 is 4.98 Å². The van der Waals surface area contributed by atoms with E-state index >= 15 is 0 Å². The molecule has 0 saturated heterocycles. The standard InChI is InChI=1S/C19H21N/c1-13-18(16-7-5-6-8-17(16)20-13)14-9-11-15(12-10-14)19(2,3)4/h5-12,20H,1-4H3. The number of hydrogen-bond acceptors (Lipinski definition) is 0. The van der Waals surface area contributed by atoms with Gasteiger partial charge in [0.25, 0.3) is 0 Å². The minimum Gasteiger partial charge on any atom is -0.358 e. The highest BCUT2D eigenvalue weighted by molar-refractivity contribution is 5.97. The van der Waals surface area contributed by atoms with E-state index in [-0.39, 0.29) is 5.41 Å². The van der Waals surface area contributed by atoms with Crippen molar-refractivity contribution in [2.75, 3.05) is 0 Å². The van der Waals surface area contributed by atoms with Crippen LogP contribution in [0.4, 0.5) is 0 Å². The summed E-state index contributed by atoms with van der Waals surface area (Å²) in [5, 5.41) is 1.30. The Bertz CT molecular complexity index is 740. The van der Waals surface area contributed by atoms with Crippen molar-refractivity contribution in [2.45, 2.75) is 33.1 Å². The lowest BCUT2D eigenvalue weighted by molar-refractivity contribution is 0.590. The Kier molecular flexibility index (Phi) is 2.93. The molecule has 1 N–H and O–H groups in total. The molecule has 0 aliphatic carbocycles. The summed E-state index contributed by atoms with van der Waals surface area (Å²) in [7, 11) is 0. The van der Waals surface area contributed by atoms with Crippen molar-refractivity contribution in [2.24, 2.45) is 0 Å². The molecular weight excluding hydrogens is 242 g/mol. The number of benzene rings is 2. The molecule has 3 rings (SSSR count). The molecule has 1 nitrogen and oxygen atoms in total. The monoisotopic (exact) mass is 263 g/mol. The number of nitrogens with one attached hydrogen (secondary N) is 1. The Morgan fingerprint density at radius 3 is 2.15 bits per heavy atom. The van der Waals surface area contributed by atoms with Crippen molar-refractivity contribution >= 4 is 10.9 Å². The summed E-state index contributed by atoms with van der Waals surface area (Å²) in [6.45, 7) is 8.89. The highest BCUT2D eigenvalue weighted by Crippen LogP contribution is 2.33. The summed E-state index contributed by atoms with van der Waals surface area (Å²) >= 11 is 0. The second-order valence-electron chi connectivity index (χ2n) is 6.50. The van der Waals surface area contributed by atoms with Crippen molar-refractivity contribution in [1.82, 2.24) is 4.98 Å². The van der Waals surface area contributed by atoms with E-state index in [1.807, 2.05) is 0 Å². The first-order valence-electron chi connectivity index (χ1n) is 7.15. The third kappa shape index (κ3) is 2.14. The number of rotatable bonds is 1. The molecule has 0 aliphatic rings. The van der Waals surface area contributed by atoms with E-state index in [1.165, 1.54) is 33.3 Å². The van der Waals surface area contributed by atoms with E-state index in [9.17, 15) is 0 Å². The quantitative estimate of drug-likeness (QED) is 0.601. The van der Waals surface area contributed by atoms with Crippen molar-refractivity contribution in [1.29, 1.82) is 0 Å². The lowest BCUT2D eigenvalue weighted by atomic mass is 9.86. The highest BCUT2D eigenvalue weighted by Gasteiger charge is 2.14. The highest BCUT2D eigenvalue weighted by atomic mass is 14.7. The molecule has 2 aromatic carbocycles. The Balaban J connectivity index is 2.14. The number of fused-ring (bicyclic) bond motifs is 1. The van der Waals surface area contributed by atoms with Crippen LogP contribution in [0.15, 0.2) is 48.5 Å². The number of aromatic amines is 1. The van der Waals surface area contributed by atoms with Crippen molar-refractivity contribution < 1.29 is 0 Å². The van der Waals surface area contributed by atoms with E-state index in [0.29, 0.717) is 0 Å².